The number of anilines is 2. The van der Waals surface area contributed by atoms with Crippen LogP contribution in [0.4, 0.5) is 24.5 Å². The molecule has 0 aliphatic heterocycles. The second-order valence-corrected chi connectivity index (χ2v) is 13.0. The van der Waals surface area contributed by atoms with Crippen molar-refractivity contribution in [3.05, 3.63) is 130 Å². The SMILES string of the molecule is CS(=O)(=O)N(c1ccccc1)c1cc(Br)cc(C(=O)N[C@@H](Cc2ccccc2)[C@H](O)CNCc2cccc(C(F)(F)F)c2)c1. The first-order valence-corrected chi connectivity index (χ1v) is 16.2. The predicted molar refractivity (Wildman–Crippen MR) is 168 cm³/mol. The van der Waals surface area contributed by atoms with E-state index in [0.717, 1.165) is 28.3 Å². The van der Waals surface area contributed by atoms with Crippen LogP contribution in [0.2, 0.25) is 0 Å². The first-order chi connectivity index (χ1) is 20.8. The number of nitrogens with one attached hydrogen (secondary N) is 2. The fourth-order valence-electron chi connectivity index (χ4n) is 4.69. The van der Waals surface area contributed by atoms with E-state index in [1.165, 1.54) is 12.1 Å². The Balaban J connectivity index is 1.54. The van der Waals surface area contributed by atoms with Crippen LogP contribution in [-0.2, 0) is 29.2 Å². The molecule has 0 radical (unpaired) electrons. The smallest absolute Gasteiger partial charge is 0.390 e. The third-order valence-electron chi connectivity index (χ3n) is 6.72. The number of carbonyl (C=O) groups excluding carboxylic acids is 1. The molecule has 0 aromatic heterocycles. The van der Waals surface area contributed by atoms with Crippen molar-refractivity contribution in [2.24, 2.45) is 0 Å². The van der Waals surface area contributed by atoms with Crippen molar-refractivity contribution in [1.82, 2.24) is 10.6 Å². The summed E-state index contributed by atoms with van der Waals surface area (Å²) in [5.74, 6) is -0.549. The van der Waals surface area contributed by atoms with Crippen molar-refractivity contribution >= 4 is 43.2 Å². The van der Waals surface area contributed by atoms with Crippen LogP contribution in [0.1, 0.15) is 27.0 Å². The van der Waals surface area contributed by atoms with Gasteiger partial charge in [-0.3, -0.25) is 4.79 Å². The summed E-state index contributed by atoms with van der Waals surface area (Å²) < 4.78 is 66.4. The Bertz CT molecular complexity index is 1670. The van der Waals surface area contributed by atoms with E-state index in [-0.39, 0.29) is 30.8 Å². The molecule has 2 atom stereocenters. The Kier molecular flexibility index (Phi) is 10.8. The number of hydrogen-bond donors (Lipinski definition) is 3. The number of rotatable bonds is 12. The number of nitrogens with zero attached hydrogens (tertiary/aromatic N) is 1. The maximum atomic E-state index is 13.6. The van der Waals surface area contributed by atoms with Crippen LogP contribution in [-0.4, -0.2) is 44.4 Å². The molecule has 0 saturated carbocycles. The monoisotopic (exact) mass is 689 g/mol. The van der Waals surface area contributed by atoms with Gasteiger partial charge in [0, 0.05) is 23.1 Å². The molecule has 4 aromatic carbocycles. The van der Waals surface area contributed by atoms with Gasteiger partial charge in [0.25, 0.3) is 5.91 Å². The predicted octanol–water partition coefficient (Wildman–Crippen LogP) is 6.06. The highest BCUT2D eigenvalue weighted by atomic mass is 79.9. The number of hydrogen-bond acceptors (Lipinski definition) is 5. The topological polar surface area (TPSA) is 98.7 Å². The Morgan fingerprint density at radius 1 is 0.886 bits per heavy atom. The molecular weight excluding hydrogens is 659 g/mol. The van der Waals surface area contributed by atoms with Crippen molar-refractivity contribution in [3.63, 3.8) is 0 Å². The molecule has 4 aromatic rings. The molecule has 0 aliphatic rings. The van der Waals surface area contributed by atoms with Crippen LogP contribution in [0.5, 0.6) is 0 Å². The number of alkyl halides is 3. The van der Waals surface area contributed by atoms with Crippen LogP contribution in [0.15, 0.2) is 108 Å². The lowest BCUT2D eigenvalue weighted by Gasteiger charge is -2.26. The zero-order chi connectivity index (χ0) is 31.9. The third-order valence-corrected chi connectivity index (χ3v) is 8.26. The molecule has 0 saturated heterocycles. The molecule has 4 rings (SSSR count). The molecule has 12 heteroatoms. The molecule has 0 spiro atoms. The molecule has 7 nitrogen and oxygen atoms in total. The van der Waals surface area contributed by atoms with Crippen LogP contribution in [0.3, 0.4) is 0 Å². The lowest BCUT2D eigenvalue weighted by molar-refractivity contribution is -0.137. The highest BCUT2D eigenvalue weighted by molar-refractivity contribution is 9.10. The van der Waals surface area contributed by atoms with E-state index in [0.29, 0.717) is 15.7 Å². The van der Waals surface area contributed by atoms with Gasteiger partial charge in [0.1, 0.15) is 0 Å². The van der Waals surface area contributed by atoms with Gasteiger partial charge in [-0.15, -0.1) is 0 Å². The van der Waals surface area contributed by atoms with E-state index in [9.17, 15) is 31.5 Å². The highest BCUT2D eigenvalue weighted by Gasteiger charge is 2.30. The molecule has 232 valence electrons. The number of amides is 1. The zero-order valence-electron chi connectivity index (χ0n) is 23.6. The van der Waals surface area contributed by atoms with E-state index < -0.39 is 39.8 Å². The van der Waals surface area contributed by atoms with E-state index >= 15 is 0 Å². The van der Waals surface area contributed by atoms with Crippen molar-refractivity contribution in [1.29, 1.82) is 0 Å². The largest absolute Gasteiger partial charge is 0.416 e. The summed E-state index contributed by atoms with van der Waals surface area (Å²) in [7, 11) is -3.78. The lowest BCUT2D eigenvalue weighted by atomic mass is 10.00. The van der Waals surface area contributed by atoms with Crippen molar-refractivity contribution in [2.75, 3.05) is 17.1 Å². The molecule has 1 amide bonds. The summed E-state index contributed by atoms with van der Waals surface area (Å²) in [4.78, 5) is 13.6. The van der Waals surface area contributed by atoms with E-state index in [4.69, 9.17) is 0 Å². The molecule has 0 bridgehead atoms. The van der Waals surface area contributed by atoms with Gasteiger partial charge in [-0.05, 0) is 53.9 Å². The first-order valence-electron chi connectivity index (χ1n) is 13.6. The second-order valence-electron chi connectivity index (χ2n) is 10.2. The number of aliphatic hydroxyl groups is 1. The van der Waals surface area contributed by atoms with Gasteiger partial charge >= 0.3 is 6.18 Å². The summed E-state index contributed by atoms with van der Waals surface area (Å²) in [5.41, 5.74) is 1.26. The quantitative estimate of drug-likeness (QED) is 0.168. The van der Waals surface area contributed by atoms with Crippen LogP contribution in [0.25, 0.3) is 0 Å². The van der Waals surface area contributed by atoms with Gasteiger partial charge in [-0.1, -0.05) is 82.7 Å². The molecule has 0 unspecified atom stereocenters. The third kappa shape index (κ3) is 9.15. The van der Waals surface area contributed by atoms with Gasteiger partial charge < -0.3 is 15.7 Å². The van der Waals surface area contributed by atoms with Gasteiger partial charge in [0.2, 0.25) is 10.0 Å². The van der Waals surface area contributed by atoms with E-state index in [2.05, 4.69) is 26.6 Å². The molecule has 0 fully saturated rings. The normalized spacial score (nSPS) is 13.2. The van der Waals surface area contributed by atoms with Gasteiger partial charge in [0.15, 0.2) is 0 Å². The minimum atomic E-state index is -4.47. The maximum absolute atomic E-state index is 13.6. The fourth-order valence-corrected chi connectivity index (χ4v) is 6.16. The van der Waals surface area contributed by atoms with E-state index in [1.807, 2.05) is 30.3 Å². The summed E-state index contributed by atoms with van der Waals surface area (Å²) in [6.07, 6.45) is -4.25. The van der Waals surface area contributed by atoms with Gasteiger partial charge in [0.05, 0.1) is 35.3 Å². The second kappa shape index (κ2) is 14.4. The van der Waals surface area contributed by atoms with Crippen LogP contribution in [0, 0.1) is 0 Å². The fraction of sp³-hybridized carbons (Fsp3) is 0.219. The highest BCUT2D eigenvalue weighted by Crippen LogP contribution is 2.32. The van der Waals surface area contributed by atoms with Crippen molar-refractivity contribution in [3.8, 4) is 0 Å². The molecular formula is C32H31BrF3N3O4S. The Morgan fingerprint density at radius 2 is 1.52 bits per heavy atom. The minimum absolute atomic E-state index is 0.0202. The number of benzene rings is 4. The van der Waals surface area contributed by atoms with Crippen LogP contribution < -0.4 is 14.9 Å². The first kappa shape index (κ1) is 33.2. The Hall–Kier alpha value is -3.71. The summed E-state index contributed by atoms with van der Waals surface area (Å²) >= 11 is 3.38. The summed E-state index contributed by atoms with van der Waals surface area (Å²) in [6.45, 7) is 0.0520. The number of sulfonamides is 1. The summed E-state index contributed by atoms with van der Waals surface area (Å²) in [6, 6.07) is 26.3. The number of para-hydroxylation sites is 1. The number of aliphatic hydroxyl groups excluding tert-OH is 1. The summed E-state index contributed by atoms with van der Waals surface area (Å²) in [5, 5.41) is 17.0. The minimum Gasteiger partial charge on any atom is -0.390 e. The Labute approximate surface area is 262 Å². The molecule has 0 heterocycles. The lowest BCUT2D eigenvalue weighted by Crippen LogP contribution is -2.48. The molecule has 0 aliphatic carbocycles. The van der Waals surface area contributed by atoms with Crippen molar-refractivity contribution in [2.45, 2.75) is 31.3 Å². The Morgan fingerprint density at radius 3 is 2.16 bits per heavy atom. The van der Waals surface area contributed by atoms with Crippen LogP contribution >= 0.6 is 15.9 Å². The number of halogens is 4. The van der Waals surface area contributed by atoms with E-state index in [1.54, 1.807) is 48.5 Å². The molecule has 44 heavy (non-hydrogen) atoms. The molecule has 3 N–H and O–H groups in total. The maximum Gasteiger partial charge on any atom is 0.416 e. The van der Waals surface area contributed by atoms with Gasteiger partial charge in [-0.2, -0.15) is 13.2 Å². The average Bonchev–Trinajstić information content (AvgIpc) is 2.96. The van der Waals surface area contributed by atoms with Crippen molar-refractivity contribution < 1.29 is 31.5 Å². The number of carbonyl (C=O) groups is 1. The standard InChI is InChI=1S/C32H31BrF3N3O4S/c1-44(42,43)39(27-13-6-3-7-14-27)28-18-24(17-26(33)19-28)31(41)38-29(16-22-9-4-2-5-10-22)30(40)21-37-20-23-11-8-12-25(15-23)32(34,35)36/h2-15,17-19,29-30,37,40H,16,20-21H2,1H3,(H,38,41)/t29-,30+/m0/s1. The zero-order valence-corrected chi connectivity index (χ0v) is 26.0. The average molecular weight is 691 g/mol. The van der Waals surface area contributed by atoms with Gasteiger partial charge in [-0.25, -0.2) is 12.7 Å².